The van der Waals surface area contributed by atoms with Gasteiger partial charge >= 0.3 is 0 Å². The van der Waals surface area contributed by atoms with Crippen LogP contribution in [0.25, 0.3) is 10.9 Å². The first-order valence-electron chi connectivity index (χ1n) is 3.59. The molecule has 0 bridgehead atoms. The molecule has 1 aromatic carbocycles. The fourth-order valence-corrected chi connectivity index (χ4v) is 1.76. The molecule has 0 unspecified atom stereocenters. The highest BCUT2D eigenvalue weighted by atomic mass is 32.1. The molecule has 0 radical (unpaired) electrons. The van der Waals surface area contributed by atoms with Crippen molar-refractivity contribution in [2.45, 2.75) is 13.8 Å². The smallest absolute Gasteiger partial charge is 0.0843 e. The zero-order valence-corrected chi connectivity index (χ0v) is 7.40. The Balaban J connectivity index is 2.86. The quantitative estimate of drug-likeness (QED) is 0.582. The van der Waals surface area contributed by atoms with Crippen molar-refractivity contribution in [1.82, 2.24) is 4.37 Å². The maximum Gasteiger partial charge on any atom is 0.0843 e. The monoisotopic (exact) mass is 163 g/mol. The van der Waals surface area contributed by atoms with Crippen LogP contribution in [0.15, 0.2) is 17.5 Å². The van der Waals surface area contributed by atoms with Crippen molar-refractivity contribution in [1.29, 1.82) is 0 Å². The van der Waals surface area contributed by atoms with E-state index in [1.54, 1.807) is 0 Å². The van der Waals surface area contributed by atoms with Gasteiger partial charge in [0.05, 0.1) is 5.52 Å². The molecule has 1 heterocycles. The predicted octanol–water partition coefficient (Wildman–Crippen LogP) is 2.91. The van der Waals surface area contributed by atoms with Gasteiger partial charge in [-0.2, -0.15) is 4.37 Å². The molecule has 0 aliphatic rings. The summed E-state index contributed by atoms with van der Waals surface area (Å²) in [6.45, 7) is 4.25. The van der Waals surface area contributed by atoms with Gasteiger partial charge in [0.2, 0.25) is 0 Å². The van der Waals surface area contributed by atoms with Crippen molar-refractivity contribution in [2.75, 3.05) is 0 Å². The Hall–Kier alpha value is -0.890. The van der Waals surface area contributed by atoms with E-state index in [1.165, 1.54) is 28.0 Å². The Bertz CT molecular complexity index is 353. The van der Waals surface area contributed by atoms with Crippen LogP contribution < -0.4 is 0 Å². The van der Waals surface area contributed by atoms with Crippen molar-refractivity contribution in [3.8, 4) is 0 Å². The average molecular weight is 163 g/mol. The maximum atomic E-state index is 4.26. The van der Waals surface area contributed by atoms with E-state index in [1.807, 2.05) is 0 Å². The van der Waals surface area contributed by atoms with E-state index in [2.05, 4.69) is 35.7 Å². The molecule has 0 aliphatic heterocycles. The number of fused-ring (bicyclic) bond motifs is 1. The summed E-state index contributed by atoms with van der Waals surface area (Å²) < 4.78 is 4.26. The minimum Gasteiger partial charge on any atom is -0.193 e. The van der Waals surface area contributed by atoms with Crippen LogP contribution in [0.1, 0.15) is 11.1 Å². The van der Waals surface area contributed by atoms with Gasteiger partial charge in [0.15, 0.2) is 0 Å². The fourth-order valence-electron chi connectivity index (χ4n) is 1.14. The summed E-state index contributed by atoms with van der Waals surface area (Å²) in [6, 6.07) is 4.33. The second kappa shape index (κ2) is 2.31. The Morgan fingerprint density at radius 2 is 1.91 bits per heavy atom. The second-order valence-corrected chi connectivity index (χ2v) is 3.44. The topological polar surface area (TPSA) is 12.9 Å². The van der Waals surface area contributed by atoms with Crippen LogP contribution in [0.2, 0.25) is 0 Å². The largest absolute Gasteiger partial charge is 0.193 e. The summed E-state index contributed by atoms with van der Waals surface area (Å²) in [6.07, 6.45) is 0. The van der Waals surface area contributed by atoms with Crippen molar-refractivity contribution < 1.29 is 0 Å². The van der Waals surface area contributed by atoms with E-state index in [4.69, 9.17) is 0 Å². The van der Waals surface area contributed by atoms with E-state index >= 15 is 0 Å². The lowest BCUT2D eigenvalue weighted by atomic mass is 10.1. The van der Waals surface area contributed by atoms with Gasteiger partial charge in [0.25, 0.3) is 0 Å². The minimum absolute atomic E-state index is 1.12. The van der Waals surface area contributed by atoms with Crippen LogP contribution in [0.3, 0.4) is 0 Å². The highest BCUT2D eigenvalue weighted by Crippen LogP contribution is 2.19. The fraction of sp³-hybridized carbons (Fsp3) is 0.222. The lowest BCUT2D eigenvalue weighted by molar-refractivity contribution is 1.36. The number of aromatic nitrogens is 1. The number of hydrogen-bond donors (Lipinski definition) is 0. The van der Waals surface area contributed by atoms with Gasteiger partial charge in [-0.05, 0) is 48.6 Å². The molecule has 0 N–H and O–H groups in total. The van der Waals surface area contributed by atoms with E-state index < -0.39 is 0 Å². The Morgan fingerprint density at radius 3 is 2.73 bits per heavy atom. The second-order valence-electron chi connectivity index (χ2n) is 2.81. The van der Waals surface area contributed by atoms with E-state index in [0.717, 1.165) is 5.52 Å². The van der Waals surface area contributed by atoms with Crippen LogP contribution in [0.4, 0.5) is 0 Å². The van der Waals surface area contributed by atoms with Crippen molar-refractivity contribution in [3.63, 3.8) is 0 Å². The molecule has 2 heteroatoms. The van der Waals surface area contributed by atoms with Crippen molar-refractivity contribution >= 4 is 22.4 Å². The van der Waals surface area contributed by atoms with Gasteiger partial charge in [-0.15, -0.1) is 0 Å². The van der Waals surface area contributed by atoms with Crippen LogP contribution in [-0.4, -0.2) is 4.37 Å². The zero-order valence-electron chi connectivity index (χ0n) is 6.59. The summed E-state index contributed by atoms with van der Waals surface area (Å²) in [4.78, 5) is 0. The SMILES string of the molecule is Cc1cc2csnc2cc1C. The molecule has 0 aliphatic carbocycles. The van der Waals surface area contributed by atoms with Crippen LogP contribution in [-0.2, 0) is 0 Å². The standard InChI is InChI=1S/C9H9NS/c1-6-3-8-5-11-10-9(8)4-7(6)2/h3-5H,1-2H3. The number of hydrogen-bond acceptors (Lipinski definition) is 2. The molecule has 1 nitrogen and oxygen atoms in total. The molecule has 0 fully saturated rings. The Kier molecular flexibility index (Phi) is 1.43. The highest BCUT2D eigenvalue weighted by Gasteiger charge is 1.98. The van der Waals surface area contributed by atoms with Gasteiger partial charge in [-0.3, -0.25) is 0 Å². The van der Waals surface area contributed by atoms with Crippen molar-refractivity contribution in [2.24, 2.45) is 0 Å². The third-order valence-corrected chi connectivity index (χ3v) is 2.64. The van der Waals surface area contributed by atoms with Crippen LogP contribution in [0.5, 0.6) is 0 Å². The third-order valence-electron chi connectivity index (χ3n) is 1.97. The normalized spacial score (nSPS) is 10.7. The molecular formula is C9H9NS. The molecule has 56 valence electrons. The summed E-state index contributed by atoms with van der Waals surface area (Å²) in [7, 11) is 0. The minimum atomic E-state index is 1.12. The first-order valence-corrected chi connectivity index (χ1v) is 4.42. The summed E-state index contributed by atoms with van der Waals surface area (Å²) in [5.41, 5.74) is 3.79. The molecule has 0 atom stereocenters. The molecule has 0 saturated heterocycles. The molecule has 0 amide bonds. The van der Waals surface area contributed by atoms with Crippen LogP contribution >= 0.6 is 11.5 Å². The number of rotatable bonds is 0. The van der Waals surface area contributed by atoms with E-state index in [0.29, 0.717) is 0 Å². The highest BCUT2D eigenvalue weighted by molar-refractivity contribution is 7.04. The number of benzene rings is 1. The van der Waals surface area contributed by atoms with Crippen molar-refractivity contribution in [3.05, 3.63) is 28.6 Å². The molecule has 2 rings (SSSR count). The lowest BCUT2D eigenvalue weighted by Gasteiger charge is -1.97. The number of aryl methyl sites for hydroxylation is 2. The number of nitrogens with zero attached hydrogens (tertiary/aromatic N) is 1. The molecular weight excluding hydrogens is 154 g/mol. The Labute approximate surface area is 69.8 Å². The predicted molar refractivity (Wildman–Crippen MR) is 49.1 cm³/mol. The van der Waals surface area contributed by atoms with E-state index in [-0.39, 0.29) is 0 Å². The summed E-state index contributed by atoms with van der Waals surface area (Å²) >= 11 is 1.52. The lowest BCUT2D eigenvalue weighted by Crippen LogP contribution is -1.78. The summed E-state index contributed by atoms with van der Waals surface area (Å²) in [5.74, 6) is 0. The zero-order chi connectivity index (χ0) is 7.84. The van der Waals surface area contributed by atoms with Gasteiger partial charge in [-0.1, -0.05) is 0 Å². The van der Waals surface area contributed by atoms with Gasteiger partial charge in [0, 0.05) is 10.8 Å². The average Bonchev–Trinajstić information content (AvgIpc) is 2.36. The molecule has 1 aromatic heterocycles. The van der Waals surface area contributed by atoms with Gasteiger partial charge < -0.3 is 0 Å². The molecule has 0 spiro atoms. The molecule has 11 heavy (non-hydrogen) atoms. The molecule has 2 aromatic rings. The summed E-state index contributed by atoms with van der Waals surface area (Å²) in [5, 5.41) is 3.35. The molecule has 0 saturated carbocycles. The maximum absolute atomic E-state index is 4.26. The first-order chi connectivity index (χ1) is 5.27. The van der Waals surface area contributed by atoms with Gasteiger partial charge in [0.1, 0.15) is 0 Å². The van der Waals surface area contributed by atoms with E-state index in [9.17, 15) is 0 Å². The first kappa shape index (κ1) is 6.80. The van der Waals surface area contributed by atoms with Crippen LogP contribution in [0, 0.1) is 13.8 Å². The van der Waals surface area contributed by atoms with Gasteiger partial charge in [-0.25, -0.2) is 0 Å². The Morgan fingerprint density at radius 1 is 1.18 bits per heavy atom. The third kappa shape index (κ3) is 1.03.